The van der Waals surface area contributed by atoms with Crippen molar-refractivity contribution in [3.8, 4) is 0 Å². The summed E-state index contributed by atoms with van der Waals surface area (Å²) in [5.41, 5.74) is 0. The van der Waals surface area contributed by atoms with E-state index >= 15 is 0 Å². The van der Waals surface area contributed by atoms with Gasteiger partial charge in [0, 0.05) is 0 Å². The monoisotopic (exact) mass is 256 g/mol. The topological polar surface area (TPSA) is 155 Å². The summed E-state index contributed by atoms with van der Waals surface area (Å²) in [4.78, 5) is 42.6. The zero-order chi connectivity index (χ0) is 8.08. The third-order valence-electron chi connectivity index (χ3n) is 0. The number of hydrogen-bond acceptors (Lipinski definition) is 7. The number of carbonyl (C=O) groups is 1. The molecule has 0 atom stereocenters. The summed E-state index contributed by atoms with van der Waals surface area (Å²) < 4.78 is 0. The van der Waals surface area contributed by atoms with E-state index in [1.165, 1.54) is 0 Å². The molecule has 7 nitrogen and oxygen atoms in total. The third-order valence-corrected chi connectivity index (χ3v) is 0. The molecule has 0 fully saturated rings. The van der Waals surface area contributed by atoms with Crippen LogP contribution in [0.2, 0.25) is 0 Å². The van der Waals surface area contributed by atoms with Crippen LogP contribution in [0.1, 0.15) is 0 Å². The fourth-order valence-corrected chi connectivity index (χ4v) is 0. The van der Waals surface area contributed by atoms with E-state index in [0.717, 1.165) is 0 Å². The molecule has 11 heteroatoms. The molecular formula is CCa2MgO7Si. The summed E-state index contributed by atoms with van der Waals surface area (Å²) in [5, 5.41) is 16.7. The van der Waals surface area contributed by atoms with Crippen LogP contribution in [-0.4, -0.2) is 114 Å². The van der Waals surface area contributed by atoms with Crippen molar-refractivity contribution in [2.24, 2.45) is 0 Å². The minimum Gasteiger partial charge on any atom is -0.894 e. The largest absolute Gasteiger partial charge is 2.00 e. The first kappa shape index (κ1) is 29.3. The second-order valence-corrected chi connectivity index (χ2v) is 1.75. The van der Waals surface area contributed by atoms with Crippen LogP contribution in [0.4, 0.5) is 4.79 Å². The maximum Gasteiger partial charge on any atom is 2.00 e. The molecule has 56 valence electrons. The average molecular weight is 257 g/mol. The minimum absolute atomic E-state index is 0. The van der Waals surface area contributed by atoms with E-state index in [-0.39, 0.29) is 98.5 Å². The molecule has 0 aromatic rings. The summed E-state index contributed by atoms with van der Waals surface area (Å²) in [6.07, 6.45) is -2.33. The van der Waals surface area contributed by atoms with E-state index < -0.39 is 15.2 Å². The number of carboxylic acid groups (broad SMARTS) is 2. The van der Waals surface area contributed by atoms with Crippen LogP contribution in [-0.2, 0) is 0 Å². The Kier molecular flexibility index (Phi) is 39.2. The van der Waals surface area contributed by atoms with Gasteiger partial charge in [-0.05, 0) is 6.16 Å². The van der Waals surface area contributed by atoms with Gasteiger partial charge in [0.1, 0.15) is 0 Å². The van der Waals surface area contributed by atoms with Gasteiger partial charge in [0.05, 0.1) is 0 Å². The van der Waals surface area contributed by atoms with Crippen molar-refractivity contribution in [3.63, 3.8) is 0 Å². The molecule has 0 heterocycles. The van der Waals surface area contributed by atoms with Crippen molar-refractivity contribution >= 4 is 114 Å². The van der Waals surface area contributed by atoms with E-state index in [1.54, 1.807) is 0 Å². The zero-order valence-corrected chi connectivity index (χ0v) is 12.8. The van der Waals surface area contributed by atoms with Crippen molar-refractivity contribution in [2.45, 2.75) is 0 Å². The van der Waals surface area contributed by atoms with E-state index in [1.807, 2.05) is 0 Å². The molecule has 0 N–H and O–H groups in total. The van der Waals surface area contributed by atoms with Crippen molar-refractivity contribution in [3.05, 3.63) is 0 Å². The molecule has 0 aliphatic rings. The maximum absolute atomic E-state index is 8.58. The fourth-order valence-electron chi connectivity index (χ4n) is 0. The van der Waals surface area contributed by atoms with Crippen LogP contribution in [0.3, 0.4) is 0 Å². The molecule has 0 spiro atoms. The van der Waals surface area contributed by atoms with E-state index in [4.69, 9.17) is 34.2 Å². The van der Waals surface area contributed by atoms with Gasteiger partial charge >= 0.3 is 98.5 Å². The van der Waals surface area contributed by atoms with E-state index in [2.05, 4.69) is 0 Å². The molecule has 0 unspecified atom stereocenters. The Bertz CT molecular complexity index is 83.9. The zero-order valence-electron chi connectivity index (χ0n) is 5.98. The van der Waals surface area contributed by atoms with Gasteiger partial charge in [0.25, 0.3) is 0 Å². The number of carbonyl (C=O) groups excluding carboxylic acids is 1. The number of rotatable bonds is 0. The molecule has 0 saturated heterocycles. The first-order valence-electron chi connectivity index (χ1n) is 1.43. The van der Waals surface area contributed by atoms with Crippen LogP contribution in [0.25, 0.3) is 0 Å². The molecular weight excluding hydrogens is 257 g/mol. The molecule has 0 saturated carbocycles. The van der Waals surface area contributed by atoms with Gasteiger partial charge in [-0.2, -0.15) is 0 Å². The van der Waals surface area contributed by atoms with Gasteiger partial charge in [-0.1, -0.05) is 0 Å². The van der Waals surface area contributed by atoms with E-state index in [9.17, 15) is 0 Å². The number of hydrogen-bond donors (Lipinski definition) is 0. The standard InChI is InChI=1S/CH2O3.2Ca.Mg.O4Si/c2-1(3)4;;;;1-5(2,3)4/h(H2,2,3,4);;;;/q;3*+2;-4/p-2. The van der Waals surface area contributed by atoms with Crippen molar-refractivity contribution < 1.29 is 34.2 Å². The van der Waals surface area contributed by atoms with Gasteiger partial charge in [-0.25, -0.2) is 0 Å². The molecule has 0 rings (SSSR count). The first-order valence-corrected chi connectivity index (χ1v) is 3.06. The molecule has 0 radical (unpaired) electrons. The van der Waals surface area contributed by atoms with Crippen molar-refractivity contribution in [2.75, 3.05) is 0 Å². The first-order chi connectivity index (χ1) is 3.73. The Hall–Kier alpha value is 2.61. The van der Waals surface area contributed by atoms with Gasteiger partial charge < -0.3 is 43.2 Å². The molecule has 12 heavy (non-hydrogen) atoms. The SMILES string of the molecule is O=C([O-])[O-].[Ca+2].[Ca+2].[Mg+2].[O-][Si]([O-])([O-])[O-]. The van der Waals surface area contributed by atoms with Crippen LogP contribution in [0.15, 0.2) is 0 Å². The second kappa shape index (κ2) is 16.1. The summed E-state index contributed by atoms with van der Waals surface area (Å²) in [6, 6.07) is 0. The molecule has 0 aromatic carbocycles. The normalized spacial score (nSPS) is 7.00. The molecule has 0 aliphatic carbocycles. The van der Waals surface area contributed by atoms with Crippen LogP contribution >= 0.6 is 0 Å². The Labute approximate surface area is 145 Å². The third kappa shape index (κ3) is 249. The Morgan fingerprint density at radius 2 is 0.917 bits per heavy atom. The summed E-state index contributed by atoms with van der Waals surface area (Å²) in [6.45, 7) is 0. The van der Waals surface area contributed by atoms with E-state index in [0.29, 0.717) is 0 Å². The summed E-state index contributed by atoms with van der Waals surface area (Å²) in [7, 11) is -5.61. The summed E-state index contributed by atoms with van der Waals surface area (Å²) in [5.74, 6) is 0. The quantitative estimate of drug-likeness (QED) is 0.389. The Morgan fingerprint density at radius 3 is 0.917 bits per heavy atom. The van der Waals surface area contributed by atoms with Crippen molar-refractivity contribution in [1.82, 2.24) is 0 Å². The smallest absolute Gasteiger partial charge is 0.894 e. The molecule has 0 aliphatic heterocycles. The molecule has 0 aromatic heterocycles. The predicted molar refractivity (Wildman–Crippen MR) is 28.4 cm³/mol. The van der Waals surface area contributed by atoms with Crippen LogP contribution in [0.5, 0.6) is 0 Å². The average Bonchev–Trinajstić information content (AvgIpc) is 1.19. The van der Waals surface area contributed by atoms with Gasteiger partial charge in [-0.15, -0.1) is 0 Å². The van der Waals surface area contributed by atoms with Crippen LogP contribution in [0, 0.1) is 0 Å². The van der Waals surface area contributed by atoms with Gasteiger partial charge in [0.2, 0.25) is 0 Å². The maximum atomic E-state index is 8.58. The second-order valence-electron chi connectivity index (χ2n) is 0.750. The molecule has 0 bridgehead atoms. The molecule has 0 amide bonds. The van der Waals surface area contributed by atoms with Crippen molar-refractivity contribution in [1.29, 1.82) is 0 Å². The summed E-state index contributed by atoms with van der Waals surface area (Å²) >= 11 is 0. The van der Waals surface area contributed by atoms with Gasteiger partial charge in [-0.3, -0.25) is 0 Å². The fraction of sp³-hybridized carbons (Fsp3) is 0. The predicted octanol–water partition coefficient (Wildman–Crippen LogP) is -8.73. The Balaban J connectivity index is -0.0000000221. The minimum atomic E-state index is -5.61. The van der Waals surface area contributed by atoms with Crippen LogP contribution < -0.4 is 29.4 Å². The Morgan fingerprint density at radius 1 is 0.917 bits per heavy atom. The van der Waals surface area contributed by atoms with Gasteiger partial charge in [0.15, 0.2) is 0 Å².